The van der Waals surface area contributed by atoms with Gasteiger partial charge in [-0.15, -0.1) is 0 Å². The molecule has 2 aromatic heterocycles. The van der Waals surface area contributed by atoms with Crippen LogP contribution in [0.15, 0.2) is 29.3 Å². The molecule has 3 aromatic rings. The lowest BCUT2D eigenvalue weighted by molar-refractivity contribution is 0.0524. The number of aliphatic hydroxyl groups is 1. The monoisotopic (exact) mass is 486 g/mol. The second kappa shape index (κ2) is 8.99. The Hall–Kier alpha value is -2.98. The number of fused-ring (bicyclic) bond motifs is 3. The molecule has 3 heterocycles. The molecule has 4 rings (SSSR count). The standard InChI is InChI=1S/C24H30N4O5S/c1-6-33-23(30)18-12-25-24(26-15(18)4)28-8-7-27-19-11-21(34(5,31)32)17(13-29)9-16(19)10-20(27)22(28)14(2)3/h9-12,14,22,29H,6-8,13H2,1-5H3. The second-order valence-electron chi connectivity index (χ2n) is 8.94. The van der Waals surface area contributed by atoms with Crippen molar-refractivity contribution in [1.82, 2.24) is 14.5 Å². The van der Waals surface area contributed by atoms with Gasteiger partial charge in [0.15, 0.2) is 9.84 Å². The first-order valence-corrected chi connectivity index (χ1v) is 13.2. The van der Waals surface area contributed by atoms with E-state index in [4.69, 9.17) is 4.74 Å². The summed E-state index contributed by atoms with van der Waals surface area (Å²) in [7, 11) is -3.49. The van der Waals surface area contributed by atoms with E-state index in [0.717, 1.165) is 22.9 Å². The Morgan fingerprint density at radius 3 is 2.59 bits per heavy atom. The van der Waals surface area contributed by atoms with Crippen molar-refractivity contribution in [2.45, 2.75) is 51.8 Å². The Morgan fingerprint density at radius 2 is 2.00 bits per heavy atom. The molecule has 0 radical (unpaired) electrons. The van der Waals surface area contributed by atoms with Crippen LogP contribution in [-0.4, -0.2) is 53.4 Å². The minimum absolute atomic E-state index is 0.0618. The summed E-state index contributed by atoms with van der Waals surface area (Å²) in [6, 6.07) is 5.42. The van der Waals surface area contributed by atoms with Gasteiger partial charge in [0.1, 0.15) is 0 Å². The molecule has 0 amide bonds. The fourth-order valence-corrected chi connectivity index (χ4v) is 5.68. The molecular weight excluding hydrogens is 456 g/mol. The molecule has 34 heavy (non-hydrogen) atoms. The lowest BCUT2D eigenvalue weighted by Crippen LogP contribution is -2.41. The van der Waals surface area contributed by atoms with E-state index in [9.17, 15) is 18.3 Å². The summed E-state index contributed by atoms with van der Waals surface area (Å²) in [4.78, 5) is 23.6. The van der Waals surface area contributed by atoms with Crippen LogP contribution in [0.2, 0.25) is 0 Å². The van der Waals surface area contributed by atoms with Crippen molar-refractivity contribution >= 4 is 32.7 Å². The number of carbonyl (C=O) groups excluding carboxylic acids is 1. The van der Waals surface area contributed by atoms with E-state index < -0.39 is 15.8 Å². The maximum atomic E-state index is 12.3. The van der Waals surface area contributed by atoms with Crippen LogP contribution in [0.25, 0.3) is 10.9 Å². The number of anilines is 1. The quantitative estimate of drug-likeness (QED) is 0.529. The van der Waals surface area contributed by atoms with E-state index in [1.807, 2.05) is 0 Å². The van der Waals surface area contributed by atoms with Gasteiger partial charge in [0.05, 0.1) is 35.4 Å². The highest BCUT2D eigenvalue weighted by atomic mass is 32.2. The van der Waals surface area contributed by atoms with Gasteiger partial charge in [-0.2, -0.15) is 0 Å². The highest BCUT2D eigenvalue weighted by Crippen LogP contribution is 2.39. The maximum Gasteiger partial charge on any atom is 0.341 e. The SMILES string of the molecule is CCOC(=O)c1cnc(N2CCn3c(cc4cc(CO)c(S(C)(=O)=O)cc43)C2C(C)C)nc1C. The zero-order valence-corrected chi connectivity index (χ0v) is 20.9. The van der Waals surface area contributed by atoms with Gasteiger partial charge in [0.2, 0.25) is 5.95 Å². The van der Waals surface area contributed by atoms with Crippen molar-refractivity contribution in [2.75, 3.05) is 24.3 Å². The number of benzene rings is 1. The van der Waals surface area contributed by atoms with E-state index >= 15 is 0 Å². The fraction of sp³-hybridized carbons (Fsp3) is 0.458. The van der Waals surface area contributed by atoms with E-state index in [-0.39, 0.29) is 30.1 Å². The number of aryl methyl sites for hydroxylation is 1. The molecule has 10 heteroatoms. The van der Waals surface area contributed by atoms with Crippen molar-refractivity contribution in [2.24, 2.45) is 5.92 Å². The molecule has 1 aliphatic rings. The van der Waals surface area contributed by atoms with Gasteiger partial charge in [-0.25, -0.2) is 23.2 Å². The van der Waals surface area contributed by atoms with Gasteiger partial charge in [-0.05, 0) is 43.5 Å². The molecule has 1 atom stereocenters. The molecule has 0 bridgehead atoms. The summed E-state index contributed by atoms with van der Waals surface area (Å²) in [6.45, 7) is 8.93. The van der Waals surface area contributed by atoms with E-state index in [0.29, 0.717) is 35.9 Å². The molecule has 1 N–H and O–H groups in total. The van der Waals surface area contributed by atoms with Crippen LogP contribution in [0.1, 0.15) is 54.1 Å². The minimum Gasteiger partial charge on any atom is -0.462 e. The van der Waals surface area contributed by atoms with Gasteiger partial charge in [-0.3, -0.25) is 0 Å². The number of nitrogens with zero attached hydrogens (tertiary/aromatic N) is 4. The Bertz CT molecular complexity index is 1360. The van der Waals surface area contributed by atoms with Crippen LogP contribution in [-0.2, 0) is 27.7 Å². The van der Waals surface area contributed by atoms with Crippen LogP contribution in [0.4, 0.5) is 5.95 Å². The van der Waals surface area contributed by atoms with Gasteiger partial charge in [0.25, 0.3) is 0 Å². The number of aromatic nitrogens is 3. The highest BCUT2D eigenvalue weighted by molar-refractivity contribution is 7.90. The number of ether oxygens (including phenoxy) is 1. The van der Waals surface area contributed by atoms with Crippen LogP contribution in [0.5, 0.6) is 0 Å². The molecule has 0 aliphatic carbocycles. The van der Waals surface area contributed by atoms with Crippen LogP contribution < -0.4 is 4.90 Å². The summed E-state index contributed by atoms with van der Waals surface area (Å²) in [5.41, 5.74) is 3.16. The van der Waals surface area contributed by atoms with Crippen LogP contribution >= 0.6 is 0 Å². The summed E-state index contributed by atoms with van der Waals surface area (Å²) in [6.07, 6.45) is 2.68. The summed E-state index contributed by atoms with van der Waals surface area (Å²) < 4.78 is 31.9. The predicted molar refractivity (Wildman–Crippen MR) is 129 cm³/mol. The fourth-order valence-electron chi connectivity index (χ4n) is 4.76. The summed E-state index contributed by atoms with van der Waals surface area (Å²) in [5, 5.41) is 10.7. The number of esters is 1. The largest absolute Gasteiger partial charge is 0.462 e. The summed E-state index contributed by atoms with van der Waals surface area (Å²) >= 11 is 0. The average molecular weight is 487 g/mol. The highest BCUT2D eigenvalue weighted by Gasteiger charge is 2.34. The molecule has 182 valence electrons. The molecule has 1 aromatic carbocycles. The average Bonchev–Trinajstić information content (AvgIpc) is 3.14. The normalized spacial score (nSPS) is 16.2. The van der Waals surface area contributed by atoms with E-state index in [1.54, 1.807) is 26.0 Å². The van der Waals surface area contributed by atoms with Crippen LogP contribution in [0.3, 0.4) is 0 Å². The van der Waals surface area contributed by atoms with Crippen molar-refractivity contribution in [3.63, 3.8) is 0 Å². The Kier molecular flexibility index (Phi) is 6.39. The van der Waals surface area contributed by atoms with Gasteiger partial charge >= 0.3 is 5.97 Å². The zero-order chi connectivity index (χ0) is 24.8. The minimum atomic E-state index is -3.49. The zero-order valence-electron chi connectivity index (χ0n) is 20.1. The predicted octanol–water partition coefficient (Wildman–Crippen LogP) is 3.03. The third-order valence-corrected chi connectivity index (χ3v) is 7.42. The lowest BCUT2D eigenvalue weighted by Gasteiger charge is -2.39. The molecule has 9 nitrogen and oxygen atoms in total. The number of aliphatic hydroxyl groups excluding tert-OH is 1. The Balaban J connectivity index is 1.81. The number of sulfone groups is 1. The molecule has 1 aliphatic heterocycles. The molecule has 0 spiro atoms. The third-order valence-electron chi connectivity index (χ3n) is 6.24. The molecule has 0 saturated carbocycles. The van der Waals surface area contributed by atoms with Crippen molar-refractivity contribution < 1.29 is 23.1 Å². The number of hydrogen-bond donors (Lipinski definition) is 1. The Labute approximate surface area is 199 Å². The van der Waals surface area contributed by atoms with Gasteiger partial charge < -0.3 is 19.3 Å². The first-order valence-electron chi connectivity index (χ1n) is 11.3. The second-order valence-corrected chi connectivity index (χ2v) is 10.9. The third kappa shape index (κ3) is 4.16. The molecule has 1 unspecified atom stereocenters. The molecule has 0 fully saturated rings. The van der Waals surface area contributed by atoms with Gasteiger partial charge in [0, 0.05) is 42.1 Å². The maximum absolute atomic E-state index is 12.3. The first kappa shape index (κ1) is 24.2. The van der Waals surface area contributed by atoms with Crippen molar-refractivity contribution in [1.29, 1.82) is 0 Å². The van der Waals surface area contributed by atoms with Crippen molar-refractivity contribution in [3.05, 3.63) is 46.9 Å². The van der Waals surface area contributed by atoms with E-state index in [2.05, 4.69) is 39.3 Å². The number of carbonyl (C=O) groups is 1. The smallest absolute Gasteiger partial charge is 0.341 e. The molecule has 0 saturated heterocycles. The molecular formula is C24H30N4O5S. The topological polar surface area (TPSA) is 115 Å². The number of hydrogen-bond acceptors (Lipinski definition) is 8. The van der Waals surface area contributed by atoms with Crippen molar-refractivity contribution in [3.8, 4) is 0 Å². The van der Waals surface area contributed by atoms with E-state index in [1.165, 1.54) is 6.20 Å². The van der Waals surface area contributed by atoms with Crippen LogP contribution in [0, 0.1) is 12.8 Å². The lowest BCUT2D eigenvalue weighted by atomic mass is 9.97. The number of rotatable bonds is 6. The Morgan fingerprint density at radius 1 is 1.26 bits per heavy atom. The van der Waals surface area contributed by atoms with Gasteiger partial charge in [-0.1, -0.05) is 13.8 Å². The summed E-state index contributed by atoms with van der Waals surface area (Å²) in [5.74, 6) is 0.296. The first-order chi connectivity index (χ1) is 16.1.